The van der Waals surface area contributed by atoms with Crippen LogP contribution < -0.4 is 5.32 Å². The molecule has 1 aliphatic heterocycles. The summed E-state index contributed by atoms with van der Waals surface area (Å²) in [5.74, 6) is 0.675. The van der Waals surface area contributed by atoms with Gasteiger partial charge in [-0.3, -0.25) is 4.79 Å². The van der Waals surface area contributed by atoms with E-state index in [9.17, 15) is 4.79 Å². The van der Waals surface area contributed by atoms with Gasteiger partial charge in [-0.15, -0.1) is 0 Å². The third kappa shape index (κ3) is 2.66. The highest BCUT2D eigenvalue weighted by Crippen LogP contribution is 2.48. The zero-order valence-electron chi connectivity index (χ0n) is 15.0. The van der Waals surface area contributed by atoms with Crippen LogP contribution in [0.25, 0.3) is 10.9 Å². The van der Waals surface area contributed by atoms with Crippen LogP contribution in [0.1, 0.15) is 61.3 Å². The number of aromatic nitrogens is 1. The van der Waals surface area contributed by atoms with E-state index in [1.54, 1.807) is 0 Å². The van der Waals surface area contributed by atoms with Crippen molar-refractivity contribution in [3.05, 3.63) is 35.0 Å². The molecule has 2 aromatic rings. The van der Waals surface area contributed by atoms with E-state index in [-0.39, 0.29) is 11.4 Å². The fraction of sp³-hybridized carbons (Fsp3) is 0.571. The predicted octanol–water partition coefficient (Wildman–Crippen LogP) is 4.71. The lowest BCUT2D eigenvalue weighted by atomic mass is 9.82. The lowest BCUT2D eigenvalue weighted by Crippen LogP contribution is -2.43. The van der Waals surface area contributed by atoms with Gasteiger partial charge in [0.25, 0.3) is 5.91 Å². The molecule has 1 aromatic carbocycles. The van der Waals surface area contributed by atoms with E-state index in [1.807, 2.05) is 24.4 Å². The lowest BCUT2D eigenvalue weighted by Gasteiger charge is -2.31. The molecule has 0 radical (unpaired) electrons. The van der Waals surface area contributed by atoms with Crippen molar-refractivity contribution in [1.29, 1.82) is 0 Å². The van der Waals surface area contributed by atoms with E-state index < -0.39 is 0 Å². The Morgan fingerprint density at radius 3 is 2.62 bits per heavy atom. The third-order valence-corrected chi connectivity index (χ3v) is 6.92. The number of fused-ring (bicyclic) bond motifs is 1. The van der Waals surface area contributed by atoms with Gasteiger partial charge in [0, 0.05) is 17.1 Å². The van der Waals surface area contributed by atoms with Crippen molar-refractivity contribution in [3.63, 3.8) is 0 Å². The Hall–Kier alpha value is -1.52. The van der Waals surface area contributed by atoms with Gasteiger partial charge in [0.15, 0.2) is 0 Å². The van der Waals surface area contributed by atoms with Gasteiger partial charge in [-0.05, 0) is 43.7 Å². The van der Waals surface area contributed by atoms with E-state index in [1.165, 1.54) is 32.1 Å². The first-order valence-electron chi connectivity index (χ1n) is 9.87. The summed E-state index contributed by atoms with van der Waals surface area (Å²) in [5, 5.41) is 4.94. The summed E-state index contributed by atoms with van der Waals surface area (Å²) >= 11 is 6.50. The van der Waals surface area contributed by atoms with Gasteiger partial charge in [0.1, 0.15) is 0 Å². The van der Waals surface area contributed by atoms with E-state index in [0.29, 0.717) is 35.8 Å². The molecule has 1 N–H and O–H groups in total. The number of rotatable bonds is 4. The van der Waals surface area contributed by atoms with E-state index >= 15 is 0 Å². The number of hydrogen-bond donors (Lipinski definition) is 1. The van der Waals surface area contributed by atoms with Crippen LogP contribution in [0, 0.1) is 5.92 Å². The van der Waals surface area contributed by atoms with Crippen LogP contribution in [0.15, 0.2) is 24.4 Å². The molecular formula is C21H25ClN2O2. The van der Waals surface area contributed by atoms with Crippen molar-refractivity contribution in [2.75, 3.05) is 13.2 Å². The van der Waals surface area contributed by atoms with Gasteiger partial charge < -0.3 is 14.6 Å². The fourth-order valence-electron chi connectivity index (χ4n) is 4.84. The maximum Gasteiger partial charge on any atom is 0.253 e. The predicted molar refractivity (Wildman–Crippen MR) is 103 cm³/mol. The van der Waals surface area contributed by atoms with Crippen LogP contribution in [0.3, 0.4) is 0 Å². The molecule has 2 saturated carbocycles. The molecule has 26 heavy (non-hydrogen) atoms. The number of benzene rings is 1. The van der Waals surface area contributed by atoms with Crippen molar-refractivity contribution in [3.8, 4) is 0 Å². The normalized spacial score (nSPS) is 23.0. The first kappa shape index (κ1) is 16.6. The second-order valence-corrected chi connectivity index (χ2v) is 8.63. The van der Waals surface area contributed by atoms with Crippen molar-refractivity contribution in [1.82, 2.24) is 9.88 Å². The summed E-state index contributed by atoms with van der Waals surface area (Å²) in [6.07, 6.45) is 10.7. The second kappa shape index (κ2) is 6.28. The number of ether oxygens (including phenoxy) is 1. The summed E-state index contributed by atoms with van der Waals surface area (Å²) < 4.78 is 7.52. The second-order valence-electron chi connectivity index (χ2n) is 8.22. The Morgan fingerprint density at radius 1 is 1.19 bits per heavy atom. The SMILES string of the molecule is O=C(NC1(C2CCCCC2)CC1)c1cn(C2COC2)c2cccc(Cl)c12. The molecule has 3 fully saturated rings. The molecule has 2 aliphatic carbocycles. The quantitative estimate of drug-likeness (QED) is 0.844. The monoisotopic (exact) mass is 372 g/mol. The van der Waals surface area contributed by atoms with Gasteiger partial charge >= 0.3 is 0 Å². The van der Waals surface area contributed by atoms with E-state index in [0.717, 1.165) is 23.7 Å². The van der Waals surface area contributed by atoms with Crippen molar-refractivity contribution < 1.29 is 9.53 Å². The smallest absolute Gasteiger partial charge is 0.253 e. The summed E-state index contributed by atoms with van der Waals surface area (Å²) in [4.78, 5) is 13.2. The zero-order valence-corrected chi connectivity index (χ0v) is 15.7. The Balaban J connectivity index is 1.47. The number of carbonyl (C=O) groups excluding carboxylic acids is 1. The average Bonchev–Trinajstić information content (AvgIpc) is 3.29. The number of hydrogen-bond acceptors (Lipinski definition) is 2. The van der Waals surface area contributed by atoms with Crippen LogP contribution in [-0.2, 0) is 4.74 Å². The van der Waals surface area contributed by atoms with Gasteiger partial charge in [-0.1, -0.05) is 36.9 Å². The maximum atomic E-state index is 13.2. The third-order valence-electron chi connectivity index (χ3n) is 6.60. The Bertz CT molecular complexity index is 845. The van der Waals surface area contributed by atoms with Crippen LogP contribution in [0.4, 0.5) is 0 Å². The van der Waals surface area contributed by atoms with Crippen LogP contribution >= 0.6 is 11.6 Å². The van der Waals surface area contributed by atoms with Crippen molar-refractivity contribution in [2.24, 2.45) is 5.92 Å². The Labute approximate surface area is 158 Å². The van der Waals surface area contributed by atoms with Gasteiger partial charge in [-0.2, -0.15) is 0 Å². The molecule has 0 atom stereocenters. The highest BCUT2D eigenvalue weighted by atomic mass is 35.5. The highest BCUT2D eigenvalue weighted by Gasteiger charge is 2.50. The van der Waals surface area contributed by atoms with Crippen molar-refractivity contribution >= 4 is 28.4 Å². The molecule has 1 saturated heterocycles. The molecule has 1 aromatic heterocycles. The molecule has 4 nitrogen and oxygen atoms in total. The number of amides is 1. The first-order chi connectivity index (χ1) is 12.7. The van der Waals surface area contributed by atoms with Crippen LogP contribution in [-0.4, -0.2) is 29.2 Å². The molecule has 5 heteroatoms. The molecular weight excluding hydrogens is 348 g/mol. The summed E-state index contributed by atoms with van der Waals surface area (Å²) in [6.45, 7) is 1.40. The molecule has 0 spiro atoms. The average molecular weight is 373 g/mol. The zero-order chi connectivity index (χ0) is 17.7. The Morgan fingerprint density at radius 2 is 1.96 bits per heavy atom. The van der Waals surface area contributed by atoms with Crippen molar-refractivity contribution in [2.45, 2.75) is 56.5 Å². The van der Waals surface area contributed by atoms with Crippen LogP contribution in [0.5, 0.6) is 0 Å². The largest absolute Gasteiger partial charge is 0.377 e. The van der Waals surface area contributed by atoms with Gasteiger partial charge in [-0.25, -0.2) is 0 Å². The number of nitrogens with one attached hydrogen (secondary N) is 1. The van der Waals surface area contributed by atoms with E-state index in [4.69, 9.17) is 16.3 Å². The first-order valence-corrected chi connectivity index (χ1v) is 10.2. The summed E-state index contributed by atoms with van der Waals surface area (Å²) in [7, 11) is 0. The molecule has 2 heterocycles. The Kier molecular flexibility index (Phi) is 4.02. The molecule has 3 aliphatic rings. The van der Waals surface area contributed by atoms with Gasteiger partial charge in [0.05, 0.1) is 35.4 Å². The number of carbonyl (C=O) groups is 1. The maximum absolute atomic E-state index is 13.2. The summed E-state index contributed by atoms with van der Waals surface area (Å²) in [5.41, 5.74) is 1.77. The standard InChI is InChI=1S/C21H25ClN2O2/c22-17-7-4-8-18-19(17)16(11-24(18)15-12-26-13-15)20(25)23-21(9-10-21)14-5-2-1-3-6-14/h4,7-8,11,14-15H,1-3,5-6,9-10,12-13H2,(H,23,25). The highest BCUT2D eigenvalue weighted by molar-refractivity contribution is 6.36. The molecule has 138 valence electrons. The topological polar surface area (TPSA) is 43.3 Å². The molecule has 0 unspecified atom stereocenters. The minimum absolute atomic E-state index is 0.0326. The lowest BCUT2D eigenvalue weighted by molar-refractivity contribution is -0.0214. The minimum Gasteiger partial charge on any atom is -0.377 e. The molecule has 0 bridgehead atoms. The molecule has 5 rings (SSSR count). The van der Waals surface area contributed by atoms with E-state index in [2.05, 4.69) is 9.88 Å². The van der Waals surface area contributed by atoms with Crippen LogP contribution in [0.2, 0.25) is 5.02 Å². The minimum atomic E-state index is 0.0326. The molecule has 1 amide bonds. The van der Waals surface area contributed by atoms with Gasteiger partial charge in [0.2, 0.25) is 0 Å². The summed E-state index contributed by atoms with van der Waals surface area (Å²) in [6, 6.07) is 6.17. The fourth-order valence-corrected chi connectivity index (χ4v) is 5.12. The number of nitrogens with zero attached hydrogens (tertiary/aromatic N) is 1. The number of halogens is 1.